The first-order valence-corrected chi connectivity index (χ1v) is 5.51. The van der Waals surface area contributed by atoms with Gasteiger partial charge < -0.3 is 10.1 Å². The predicted molar refractivity (Wildman–Crippen MR) is 65.5 cm³/mol. The molecule has 2 aromatic rings. The number of rotatable bonds is 5. The highest BCUT2D eigenvalue weighted by molar-refractivity contribution is 5.71. The number of carbonyl (C=O) groups excluding carboxylic acids is 1. The zero-order valence-corrected chi connectivity index (χ0v) is 10.0. The normalized spacial score (nSPS) is 10.3. The molecule has 0 unspecified atom stereocenters. The maximum absolute atomic E-state index is 11.0. The Morgan fingerprint density at radius 3 is 3.11 bits per heavy atom. The van der Waals surface area contributed by atoms with Crippen molar-refractivity contribution in [3.05, 3.63) is 36.3 Å². The Morgan fingerprint density at radius 1 is 1.50 bits per heavy atom. The molecular formula is C12H14N4O2. The Kier molecular flexibility index (Phi) is 4.03. The summed E-state index contributed by atoms with van der Waals surface area (Å²) in [6.45, 7) is 0.712. The van der Waals surface area contributed by atoms with Gasteiger partial charge in [0.1, 0.15) is 0 Å². The molecule has 0 spiro atoms. The van der Waals surface area contributed by atoms with E-state index in [1.54, 1.807) is 18.6 Å². The molecule has 6 heteroatoms. The summed E-state index contributed by atoms with van der Waals surface area (Å²) in [5.74, 6) is -0.290. The van der Waals surface area contributed by atoms with Crippen LogP contribution in [0, 0.1) is 0 Å². The van der Waals surface area contributed by atoms with Crippen molar-refractivity contribution < 1.29 is 9.53 Å². The molecule has 0 saturated heterocycles. The molecule has 0 atom stereocenters. The SMILES string of the molecule is COC(=O)CNCc1cn[nH]c1-c1cccnc1. The number of nitrogens with one attached hydrogen (secondary N) is 2. The minimum absolute atomic E-state index is 0.175. The molecule has 2 N–H and O–H groups in total. The van der Waals surface area contributed by atoms with E-state index in [-0.39, 0.29) is 12.5 Å². The number of aromatic amines is 1. The smallest absolute Gasteiger partial charge is 0.319 e. The fraction of sp³-hybridized carbons (Fsp3) is 0.250. The van der Waals surface area contributed by atoms with Crippen molar-refractivity contribution in [3.8, 4) is 11.3 Å². The highest BCUT2D eigenvalue weighted by atomic mass is 16.5. The van der Waals surface area contributed by atoms with Crippen LogP contribution in [0.25, 0.3) is 11.3 Å². The van der Waals surface area contributed by atoms with Crippen molar-refractivity contribution >= 4 is 5.97 Å². The monoisotopic (exact) mass is 246 g/mol. The maximum Gasteiger partial charge on any atom is 0.319 e. The van der Waals surface area contributed by atoms with Crippen LogP contribution in [0.15, 0.2) is 30.7 Å². The van der Waals surface area contributed by atoms with Gasteiger partial charge in [0.05, 0.1) is 25.5 Å². The molecule has 2 aromatic heterocycles. The number of carbonyl (C=O) groups is 1. The lowest BCUT2D eigenvalue weighted by atomic mass is 10.1. The van der Waals surface area contributed by atoms with Crippen LogP contribution in [-0.2, 0) is 16.1 Å². The summed E-state index contributed by atoms with van der Waals surface area (Å²) < 4.78 is 4.55. The Bertz CT molecular complexity index is 510. The van der Waals surface area contributed by atoms with E-state index in [4.69, 9.17) is 0 Å². The Labute approximate surface area is 104 Å². The first-order valence-electron chi connectivity index (χ1n) is 5.51. The van der Waals surface area contributed by atoms with Crippen LogP contribution in [-0.4, -0.2) is 34.8 Å². The van der Waals surface area contributed by atoms with Crippen LogP contribution < -0.4 is 5.32 Å². The lowest BCUT2D eigenvalue weighted by Crippen LogP contribution is -2.23. The molecule has 0 bridgehead atoms. The van der Waals surface area contributed by atoms with Gasteiger partial charge in [0.15, 0.2) is 0 Å². The summed E-state index contributed by atoms with van der Waals surface area (Å²) in [5.41, 5.74) is 2.84. The van der Waals surface area contributed by atoms with E-state index < -0.39 is 0 Å². The van der Waals surface area contributed by atoms with Crippen LogP contribution in [0.2, 0.25) is 0 Å². The molecule has 0 aliphatic heterocycles. The number of hydrogen-bond acceptors (Lipinski definition) is 5. The van der Waals surface area contributed by atoms with Crippen molar-refractivity contribution in [2.24, 2.45) is 0 Å². The number of hydrogen-bond donors (Lipinski definition) is 2. The average Bonchev–Trinajstić information content (AvgIpc) is 2.88. The highest BCUT2D eigenvalue weighted by Crippen LogP contribution is 2.19. The van der Waals surface area contributed by atoms with Crippen LogP contribution in [0.3, 0.4) is 0 Å². The van der Waals surface area contributed by atoms with E-state index in [1.165, 1.54) is 7.11 Å². The van der Waals surface area contributed by atoms with Gasteiger partial charge in [0.25, 0.3) is 0 Å². The van der Waals surface area contributed by atoms with Crippen molar-refractivity contribution in [3.63, 3.8) is 0 Å². The van der Waals surface area contributed by atoms with Gasteiger partial charge in [0, 0.05) is 30.1 Å². The first-order chi connectivity index (χ1) is 8.81. The van der Waals surface area contributed by atoms with E-state index in [9.17, 15) is 4.79 Å². The number of ether oxygens (including phenoxy) is 1. The number of H-pyrrole nitrogens is 1. The molecule has 6 nitrogen and oxygen atoms in total. The standard InChI is InChI=1S/C12H14N4O2/c1-18-11(17)8-14-6-10-7-15-16-12(10)9-3-2-4-13-5-9/h2-5,7,14H,6,8H2,1H3,(H,15,16). The molecule has 0 radical (unpaired) electrons. The van der Waals surface area contributed by atoms with Gasteiger partial charge in [-0.3, -0.25) is 14.9 Å². The molecule has 18 heavy (non-hydrogen) atoms. The number of methoxy groups -OCH3 is 1. The van der Waals surface area contributed by atoms with Crippen molar-refractivity contribution in [1.29, 1.82) is 0 Å². The third kappa shape index (κ3) is 2.92. The third-order valence-electron chi connectivity index (χ3n) is 2.48. The summed E-state index contributed by atoms with van der Waals surface area (Å²) in [6.07, 6.45) is 5.21. The molecule has 0 aliphatic carbocycles. The largest absolute Gasteiger partial charge is 0.468 e. The van der Waals surface area contributed by atoms with Gasteiger partial charge in [-0.05, 0) is 12.1 Å². The third-order valence-corrected chi connectivity index (χ3v) is 2.48. The summed E-state index contributed by atoms with van der Waals surface area (Å²) in [6, 6.07) is 3.81. The molecular weight excluding hydrogens is 232 g/mol. The van der Waals surface area contributed by atoms with E-state index in [0.29, 0.717) is 6.54 Å². The fourth-order valence-corrected chi connectivity index (χ4v) is 1.58. The van der Waals surface area contributed by atoms with Crippen LogP contribution in [0.1, 0.15) is 5.56 Å². The Hall–Kier alpha value is -2.21. The van der Waals surface area contributed by atoms with E-state index >= 15 is 0 Å². The molecule has 0 aliphatic rings. The molecule has 0 saturated carbocycles. The van der Waals surface area contributed by atoms with Crippen LogP contribution in [0.4, 0.5) is 0 Å². The van der Waals surface area contributed by atoms with Gasteiger partial charge in [-0.1, -0.05) is 0 Å². The number of nitrogens with zero attached hydrogens (tertiary/aromatic N) is 2. The van der Waals surface area contributed by atoms with Crippen molar-refractivity contribution in [2.75, 3.05) is 13.7 Å². The topological polar surface area (TPSA) is 79.9 Å². The fourth-order valence-electron chi connectivity index (χ4n) is 1.58. The molecule has 2 rings (SSSR count). The second kappa shape index (κ2) is 5.92. The minimum Gasteiger partial charge on any atom is -0.468 e. The van der Waals surface area contributed by atoms with E-state index in [1.807, 2.05) is 12.1 Å². The first kappa shape index (κ1) is 12.3. The summed E-state index contributed by atoms with van der Waals surface area (Å²) in [4.78, 5) is 15.0. The summed E-state index contributed by atoms with van der Waals surface area (Å²) in [7, 11) is 1.36. The van der Waals surface area contributed by atoms with Crippen LogP contribution >= 0.6 is 0 Å². The van der Waals surface area contributed by atoms with Crippen molar-refractivity contribution in [1.82, 2.24) is 20.5 Å². The number of aromatic nitrogens is 3. The van der Waals surface area contributed by atoms with Gasteiger partial charge in [-0.15, -0.1) is 0 Å². The summed E-state index contributed by atoms with van der Waals surface area (Å²) >= 11 is 0. The zero-order chi connectivity index (χ0) is 12.8. The molecule has 0 amide bonds. The van der Waals surface area contributed by atoms with E-state index in [0.717, 1.165) is 16.8 Å². The Balaban J connectivity index is 2.03. The lowest BCUT2D eigenvalue weighted by Gasteiger charge is -2.04. The van der Waals surface area contributed by atoms with E-state index in [2.05, 4.69) is 25.2 Å². The maximum atomic E-state index is 11.0. The minimum atomic E-state index is -0.290. The quantitative estimate of drug-likeness (QED) is 0.760. The number of esters is 1. The van der Waals surface area contributed by atoms with Gasteiger partial charge in [0.2, 0.25) is 0 Å². The molecule has 0 fully saturated rings. The second-order valence-electron chi connectivity index (χ2n) is 3.69. The Morgan fingerprint density at radius 2 is 2.39 bits per heavy atom. The zero-order valence-electron chi connectivity index (χ0n) is 10.0. The molecule has 2 heterocycles. The molecule has 0 aromatic carbocycles. The average molecular weight is 246 g/mol. The highest BCUT2D eigenvalue weighted by Gasteiger charge is 2.08. The van der Waals surface area contributed by atoms with Gasteiger partial charge in [-0.25, -0.2) is 0 Å². The van der Waals surface area contributed by atoms with Gasteiger partial charge in [-0.2, -0.15) is 5.10 Å². The number of pyridine rings is 1. The predicted octanol–water partition coefficient (Wildman–Crippen LogP) is 0.734. The summed E-state index contributed by atoms with van der Waals surface area (Å²) in [5, 5.41) is 9.93. The van der Waals surface area contributed by atoms with Crippen molar-refractivity contribution in [2.45, 2.75) is 6.54 Å². The lowest BCUT2D eigenvalue weighted by molar-refractivity contribution is -0.139. The van der Waals surface area contributed by atoms with Gasteiger partial charge >= 0.3 is 5.97 Å². The van der Waals surface area contributed by atoms with Crippen LogP contribution in [0.5, 0.6) is 0 Å². The molecule has 94 valence electrons. The second-order valence-corrected chi connectivity index (χ2v) is 3.69.